The molecular weight excluding hydrogens is 326 g/mol. The number of hydrogen-bond donors (Lipinski definition) is 0. The quantitative estimate of drug-likeness (QED) is 0.375. The summed E-state index contributed by atoms with van der Waals surface area (Å²) in [7, 11) is 0. The maximum absolute atomic E-state index is 15.0. The highest BCUT2D eigenvalue weighted by Gasteiger charge is 2.11. The first-order chi connectivity index (χ1) is 12.7. The van der Waals surface area contributed by atoms with Gasteiger partial charge >= 0.3 is 0 Å². The Kier molecular flexibility index (Phi) is 4.26. The van der Waals surface area contributed by atoms with Crippen LogP contribution >= 0.6 is 0 Å². The van der Waals surface area contributed by atoms with Crippen LogP contribution in [-0.2, 0) is 6.42 Å². The summed E-state index contributed by atoms with van der Waals surface area (Å²) in [6, 6.07) is 23.8. The van der Waals surface area contributed by atoms with E-state index in [0.29, 0.717) is 16.5 Å². The lowest BCUT2D eigenvalue weighted by atomic mass is 9.96. The SMILES string of the molecule is CCc1ccc(-c2ccc3c(F)c(-c4cccc(F)c4)ccc3c2)cc1. The summed E-state index contributed by atoms with van der Waals surface area (Å²) in [5.74, 6) is -0.686. The van der Waals surface area contributed by atoms with E-state index in [1.807, 2.05) is 18.2 Å². The molecule has 0 nitrogen and oxygen atoms in total. The monoisotopic (exact) mass is 344 g/mol. The Morgan fingerprint density at radius 3 is 2.19 bits per heavy atom. The van der Waals surface area contributed by atoms with E-state index in [1.165, 1.54) is 17.7 Å². The van der Waals surface area contributed by atoms with E-state index in [9.17, 15) is 8.78 Å². The predicted octanol–water partition coefficient (Wildman–Crippen LogP) is 7.01. The van der Waals surface area contributed by atoms with Crippen LogP contribution in [0.3, 0.4) is 0 Å². The standard InChI is InChI=1S/C24H18F2/c1-2-16-6-8-17(9-7-16)18-10-12-23-20(14-18)11-13-22(24(23)26)19-4-3-5-21(25)15-19/h3-15H,2H2,1H3. The minimum Gasteiger partial charge on any atom is -0.207 e. The van der Waals surface area contributed by atoms with Gasteiger partial charge in [-0.25, -0.2) is 8.78 Å². The van der Waals surface area contributed by atoms with Crippen molar-refractivity contribution < 1.29 is 8.78 Å². The van der Waals surface area contributed by atoms with Crippen molar-refractivity contribution in [1.29, 1.82) is 0 Å². The fourth-order valence-corrected chi connectivity index (χ4v) is 3.28. The molecule has 0 saturated heterocycles. The highest BCUT2D eigenvalue weighted by molar-refractivity contribution is 5.91. The summed E-state index contributed by atoms with van der Waals surface area (Å²) in [5.41, 5.74) is 4.41. The van der Waals surface area contributed by atoms with Crippen LogP contribution in [-0.4, -0.2) is 0 Å². The van der Waals surface area contributed by atoms with E-state index in [-0.39, 0.29) is 11.6 Å². The Balaban J connectivity index is 1.79. The van der Waals surface area contributed by atoms with Gasteiger partial charge in [0.05, 0.1) is 0 Å². The van der Waals surface area contributed by atoms with Gasteiger partial charge in [0.25, 0.3) is 0 Å². The first-order valence-corrected chi connectivity index (χ1v) is 8.73. The fraction of sp³-hybridized carbons (Fsp3) is 0.0833. The molecule has 0 unspecified atom stereocenters. The molecule has 0 N–H and O–H groups in total. The van der Waals surface area contributed by atoms with Crippen LogP contribution in [0.5, 0.6) is 0 Å². The van der Waals surface area contributed by atoms with Crippen LogP contribution in [0, 0.1) is 11.6 Å². The van der Waals surface area contributed by atoms with Gasteiger partial charge in [0.15, 0.2) is 0 Å². The van der Waals surface area contributed by atoms with Crippen LogP contribution in [0.2, 0.25) is 0 Å². The lowest BCUT2D eigenvalue weighted by molar-refractivity contribution is 0.627. The molecule has 4 aromatic rings. The zero-order valence-electron chi connectivity index (χ0n) is 14.5. The van der Waals surface area contributed by atoms with Gasteiger partial charge in [-0.2, -0.15) is 0 Å². The Hall–Kier alpha value is -3.00. The molecular formula is C24H18F2. The van der Waals surface area contributed by atoms with Crippen molar-refractivity contribution in [3.05, 3.63) is 96.1 Å². The Labute approximate surface area is 151 Å². The van der Waals surface area contributed by atoms with E-state index in [0.717, 1.165) is 22.9 Å². The van der Waals surface area contributed by atoms with Crippen LogP contribution < -0.4 is 0 Å². The van der Waals surface area contributed by atoms with Crippen LogP contribution in [0.15, 0.2) is 78.9 Å². The van der Waals surface area contributed by atoms with Gasteiger partial charge in [0.1, 0.15) is 11.6 Å². The molecule has 0 aliphatic carbocycles. The van der Waals surface area contributed by atoms with Gasteiger partial charge < -0.3 is 0 Å². The molecule has 0 radical (unpaired) electrons. The highest BCUT2D eigenvalue weighted by atomic mass is 19.1. The van der Waals surface area contributed by atoms with Gasteiger partial charge in [-0.3, -0.25) is 0 Å². The molecule has 0 bridgehead atoms. The van der Waals surface area contributed by atoms with Gasteiger partial charge in [0.2, 0.25) is 0 Å². The molecule has 0 spiro atoms. The predicted molar refractivity (Wildman–Crippen MR) is 104 cm³/mol. The van der Waals surface area contributed by atoms with Gasteiger partial charge in [0, 0.05) is 10.9 Å². The molecule has 26 heavy (non-hydrogen) atoms. The van der Waals surface area contributed by atoms with E-state index in [4.69, 9.17) is 0 Å². The van der Waals surface area contributed by atoms with Crippen molar-refractivity contribution in [2.75, 3.05) is 0 Å². The molecule has 0 heterocycles. The average molecular weight is 344 g/mol. The second kappa shape index (κ2) is 6.72. The summed E-state index contributed by atoms with van der Waals surface area (Å²) in [6.45, 7) is 2.13. The van der Waals surface area contributed by atoms with Crippen molar-refractivity contribution in [1.82, 2.24) is 0 Å². The number of benzene rings is 4. The molecule has 0 aliphatic rings. The fourth-order valence-electron chi connectivity index (χ4n) is 3.28. The van der Waals surface area contributed by atoms with Crippen molar-refractivity contribution in [3.63, 3.8) is 0 Å². The summed E-state index contributed by atoms with van der Waals surface area (Å²) >= 11 is 0. The molecule has 0 fully saturated rings. The zero-order chi connectivity index (χ0) is 18.1. The van der Waals surface area contributed by atoms with Crippen LogP contribution in [0.25, 0.3) is 33.0 Å². The lowest BCUT2D eigenvalue weighted by Gasteiger charge is -2.09. The van der Waals surface area contributed by atoms with Gasteiger partial charge in [-0.1, -0.05) is 67.6 Å². The van der Waals surface area contributed by atoms with Gasteiger partial charge in [-0.15, -0.1) is 0 Å². The number of hydrogen-bond acceptors (Lipinski definition) is 0. The zero-order valence-corrected chi connectivity index (χ0v) is 14.5. The molecule has 0 saturated carbocycles. The molecule has 2 heteroatoms. The number of aryl methyl sites for hydroxylation is 1. The summed E-state index contributed by atoms with van der Waals surface area (Å²) in [4.78, 5) is 0. The smallest absolute Gasteiger partial charge is 0.138 e. The minimum absolute atomic E-state index is 0.319. The van der Waals surface area contributed by atoms with Crippen LogP contribution in [0.1, 0.15) is 12.5 Å². The average Bonchev–Trinajstić information content (AvgIpc) is 2.68. The van der Waals surface area contributed by atoms with Crippen molar-refractivity contribution >= 4 is 10.8 Å². The van der Waals surface area contributed by atoms with Crippen LogP contribution in [0.4, 0.5) is 8.78 Å². The van der Waals surface area contributed by atoms with Crippen molar-refractivity contribution in [2.24, 2.45) is 0 Å². The van der Waals surface area contributed by atoms with E-state index in [2.05, 4.69) is 31.2 Å². The normalized spacial score (nSPS) is 11.0. The topological polar surface area (TPSA) is 0 Å². The van der Waals surface area contributed by atoms with E-state index in [1.54, 1.807) is 24.3 Å². The first-order valence-electron chi connectivity index (χ1n) is 8.73. The maximum Gasteiger partial charge on any atom is 0.138 e. The molecule has 128 valence electrons. The molecule has 0 aliphatic heterocycles. The summed E-state index contributed by atoms with van der Waals surface area (Å²) in [6.07, 6.45) is 1.01. The Morgan fingerprint density at radius 1 is 0.692 bits per heavy atom. The van der Waals surface area contributed by atoms with Crippen molar-refractivity contribution in [3.8, 4) is 22.3 Å². The maximum atomic E-state index is 15.0. The minimum atomic E-state index is -0.368. The third-order valence-electron chi connectivity index (χ3n) is 4.79. The molecule has 0 atom stereocenters. The van der Waals surface area contributed by atoms with E-state index >= 15 is 0 Å². The number of rotatable bonds is 3. The van der Waals surface area contributed by atoms with E-state index < -0.39 is 0 Å². The first kappa shape index (κ1) is 16.5. The summed E-state index contributed by atoms with van der Waals surface area (Å²) < 4.78 is 28.5. The van der Waals surface area contributed by atoms with Crippen molar-refractivity contribution in [2.45, 2.75) is 13.3 Å². The Morgan fingerprint density at radius 2 is 1.46 bits per heavy atom. The third kappa shape index (κ3) is 2.99. The molecule has 0 aromatic heterocycles. The number of fused-ring (bicyclic) bond motifs is 1. The van der Waals surface area contributed by atoms with Gasteiger partial charge in [-0.05, 0) is 52.3 Å². The largest absolute Gasteiger partial charge is 0.207 e. The third-order valence-corrected chi connectivity index (χ3v) is 4.79. The second-order valence-corrected chi connectivity index (χ2v) is 6.42. The number of halogens is 2. The lowest BCUT2D eigenvalue weighted by Crippen LogP contribution is -1.89. The molecule has 4 rings (SSSR count). The second-order valence-electron chi connectivity index (χ2n) is 6.42. The highest BCUT2D eigenvalue weighted by Crippen LogP contribution is 2.32. The summed E-state index contributed by atoms with van der Waals surface area (Å²) in [5, 5.41) is 1.38. The molecule has 4 aromatic carbocycles. The molecule has 0 amide bonds. The Bertz CT molecular complexity index is 1080.